The fraction of sp³-hybridized carbons (Fsp3) is 0.200. The number of nitrogens with one attached hydrogen (secondary N) is 2. The van der Waals surface area contributed by atoms with Crippen LogP contribution in [0.4, 0.5) is 4.79 Å². The molecular weight excluding hydrogens is 364 g/mol. The number of alkyl carbamates (subject to hydrolysis) is 1. The van der Waals surface area contributed by atoms with E-state index in [2.05, 4.69) is 10.3 Å². The monoisotopic (exact) mass is 384 g/mol. The van der Waals surface area contributed by atoms with Crippen LogP contribution in [0.2, 0.25) is 0 Å². The van der Waals surface area contributed by atoms with Gasteiger partial charge in [-0.05, 0) is 23.3 Å². The summed E-state index contributed by atoms with van der Waals surface area (Å²) in [5.74, 6) is -1.10. The molecule has 146 valence electrons. The number of aliphatic hydroxyl groups is 2. The van der Waals surface area contributed by atoms with Gasteiger partial charge in [0.2, 0.25) is 0 Å². The van der Waals surface area contributed by atoms with Crippen molar-refractivity contribution in [2.75, 3.05) is 6.54 Å². The molecule has 1 aromatic heterocycles. The minimum Gasteiger partial charge on any atom is -0.478 e. The number of H-pyrrole nitrogens is 1. The van der Waals surface area contributed by atoms with Crippen LogP contribution in [0.5, 0.6) is 0 Å². The minimum atomic E-state index is -1.31. The van der Waals surface area contributed by atoms with Crippen molar-refractivity contribution >= 4 is 23.0 Å². The maximum atomic E-state index is 11.7. The van der Waals surface area contributed by atoms with Crippen LogP contribution in [0.1, 0.15) is 27.6 Å². The van der Waals surface area contributed by atoms with Gasteiger partial charge in [0.1, 0.15) is 18.8 Å². The summed E-state index contributed by atoms with van der Waals surface area (Å²) in [7, 11) is 0. The van der Waals surface area contributed by atoms with Gasteiger partial charge in [-0.2, -0.15) is 0 Å². The maximum Gasteiger partial charge on any atom is 0.407 e. The Morgan fingerprint density at radius 1 is 1.11 bits per heavy atom. The normalized spacial score (nSPS) is 13.1. The lowest BCUT2D eigenvalue weighted by molar-refractivity contribution is 0.0185. The summed E-state index contributed by atoms with van der Waals surface area (Å²) in [5.41, 5.74) is 1.83. The highest BCUT2D eigenvalue weighted by molar-refractivity contribution is 6.03. The van der Waals surface area contributed by atoms with E-state index >= 15 is 0 Å². The average Bonchev–Trinajstić information content (AvgIpc) is 3.14. The number of carboxylic acid groups (broad SMARTS) is 1. The zero-order chi connectivity index (χ0) is 20.1. The third-order valence-electron chi connectivity index (χ3n) is 4.31. The molecule has 0 aliphatic heterocycles. The van der Waals surface area contributed by atoms with E-state index in [1.54, 1.807) is 12.1 Å². The van der Waals surface area contributed by atoms with Gasteiger partial charge in [-0.3, -0.25) is 0 Å². The number of carbonyl (C=O) groups is 2. The Balaban J connectivity index is 1.57. The van der Waals surface area contributed by atoms with Crippen LogP contribution in [-0.2, 0) is 11.3 Å². The fourth-order valence-electron chi connectivity index (χ4n) is 2.79. The van der Waals surface area contributed by atoms with Gasteiger partial charge in [0, 0.05) is 23.6 Å². The molecule has 0 saturated heterocycles. The molecule has 1 amide bonds. The zero-order valence-electron chi connectivity index (χ0n) is 14.8. The topological polar surface area (TPSA) is 132 Å². The third-order valence-corrected chi connectivity index (χ3v) is 4.31. The van der Waals surface area contributed by atoms with Gasteiger partial charge >= 0.3 is 12.1 Å². The number of hydrogen-bond acceptors (Lipinski definition) is 5. The van der Waals surface area contributed by atoms with E-state index in [1.807, 2.05) is 30.3 Å². The maximum absolute atomic E-state index is 11.7. The van der Waals surface area contributed by atoms with Crippen molar-refractivity contribution in [3.8, 4) is 0 Å². The van der Waals surface area contributed by atoms with Crippen molar-refractivity contribution < 1.29 is 29.6 Å². The lowest BCUT2D eigenvalue weighted by atomic mass is 10.0. The van der Waals surface area contributed by atoms with Gasteiger partial charge in [0.15, 0.2) is 0 Å². The smallest absolute Gasteiger partial charge is 0.407 e. The molecular formula is C20H20N2O6. The lowest BCUT2D eigenvalue weighted by Crippen LogP contribution is -2.35. The number of aliphatic hydroxyl groups excluding tert-OH is 2. The Kier molecular flexibility index (Phi) is 5.93. The van der Waals surface area contributed by atoms with Crippen LogP contribution in [0.25, 0.3) is 10.9 Å². The molecule has 8 heteroatoms. The highest BCUT2D eigenvalue weighted by Crippen LogP contribution is 2.25. The summed E-state index contributed by atoms with van der Waals surface area (Å²) in [6, 6.07) is 13.8. The highest BCUT2D eigenvalue weighted by atomic mass is 16.5. The van der Waals surface area contributed by atoms with E-state index < -0.39 is 24.3 Å². The first kappa shape index (κ1) is 19.4. The van der Waals surface area contributed by atoms with E-state index in [1.165, 1.54) is 12.3 Å². The molecule has 2 aromatic carbocycles. The van der Waals surface area contributed by atoms with Crippen LogP contribution in [0.15, 0.2) is 54.7 Å². The molecule has 28 heavy (non-hydrogen) atoms. The van der Waals surface area contributed by atoms with Crippen molar-refractivity contribution in [2.24, 2.45) is 0 Å². The first-order chi connectivity index (χ1) is 13.5. The number of fused-ring (bicyclic) bond motifs is 1. The summed E-state index contributed by atoms with van der Waals surface area (Å²) < 4.78 is 5.04. The largest absolute Gasteiger partial charge is 0.478 e. The van der Waals surface area contributed by atoms with E-state index in [0.717, 1.165) is 5.56 Å². The number of carbonyl (C=O) groups excluding carboxylic acids is 1. The minimum absolute atomic E-state index is 0.0705. The molecule has 3 rings (SSSR count). The van der Waals surface area contributed by atoms with Gasteiger partial charge in [0.25, 0.3) is 0 Å². The standard InChI is InChI=1S/C20H20N2O6/c23-17(10-22-20(27)28-11-12-4-2-1-3-5-12)18(24)13-6-7-16-14(8-13)15(9-21-16)19(25)26/h1-9,17-18,21,23-24H,10-11H2,(H,22,27)(H,25,26). The van der Waals surface area contributed by atoms with Gasteiger partial charge < -0.3 is 30.4 Å². The van der Waals surface area contributed by atoms with E-state index in [4.69, 9.17) is 4.74 Å². The molecule has 5 N–H and O–H groups in total. The summed E-state index contributed by atoms with van der Waals surface area (Å²) >= 11 is 0. The molecule has 2 unspecified atom stereocenters. The van der Waals surface area contributed by atoms with Crippen molar-refractivity contribution in [3.05, 3.63) is 71.4 Å². The first-order valence-corrected chi connectivity index (χ1v) is 8.60. The van der Waals surface area contributed by atoms with E-state index in [0.29, 0.717) is 16.5 Å². The summed E-state index contributed by atoms with van der Waals surface area (Å²) in [4.78, 5) is 25.8. The molecule has 0 aliphatic rings. The second-order valence-corrected chi connectivity index (χ2v) is 6.27. The highest BCUT2D eigenvalue weighted by Gasteiger charge is 2.21. The Labute approximate surface area is 160 Å². The number of rotatable bonds is 7. The molecule has 8 nitrogen and oxygen atoms in total. The van der Waals surface area contributed by atoms with E-state index in [-0.39, 0.29) is 18.7 Å². The molecule has 2 atom stereocenters. The summed E-state index contributed by atoms with van der Waals surface area (Å²) in [6.07, 6.45) is -1.96. The molecule has 0 aliphatic carbocycles. The molecule has 0 saturated carbocycles. The van der Waals surface area contributed by atoms with Crippen LogP contribution >= 0.6 is 0 Å². The number of aromatic amines is 1. The Morgan fingerprint density at radius 3 is 2.57 bits per heavy atom. The number of hydrogen-bond donors (Lipinski definition) is 5. The second kappa shape index (κ2) is 8.55. The number of ether oxygens (including phenoxy) is 1. The molecule has 1 heterocycles. The predicted octanol–water partition coefficient (Wildman–Crippen LogP) is 2.19. The van der Waals surface area contributed by atoms with Gasteiger partial charge in [-0.25, -0.2) is 9.59 Å². The van der Waals surface area contributed by atoms with Crippen molar-refractivity contribution in [1.29, 1.82) is 0 Å². The Bertz CT molecular complexity index is 969. The van der Waals surface area contributed by atoms with Crippen molar-refractivity contribution in [1.82, 2.24) is 10.3 Å². The Morgan fingerprint density at radius 2 is 1.86 bits per heavy atom. The second-order valence-electron chi connectivity index (χ2n) is 6.27. The number of carboxylic acids is 1. The lowest BCUT2D eigenvalue weighted by Gasteiger charge is -2.19. The van der Waals surface area contributed by atoms with Crippen LogP contribution in [0.3, 0.4) is 0 Å². The van der Waals surface area contributed by atoms with Gasteiger partial charge in [0.05, 0.1) is 5.56 Å². The number of aromatic nitrogens is 1. The van der Waals surface area contributed by atoms with Crippen LogP contribution < -0.4 is 5.32 Å². The fourth-order valence-corrected chi connectivity index (χ4v) is 2.79. The van der Waals surface area contributed by atoms with Crippen LogP contribution in [-0.4, -0.2) is 45.0 Å². The quantitative estimate of drug-likeness (QED) is 0.424. The Hall–Kier alpha value is -3.36. The predicted molar refractivity (Wildman–Crippen MR) is 101 cm³/mol. The van der Waals surface area contributed by atoms with Crippen LogP contribution in [0, 0.1) is 0 Å². The summed E-state index contributed by atoms with van der Waals surface area (Å²) in [5, 5.41) is 32.5. The molecule has 0 spiro atoms. The number of benzene rings is 2. The van der Waals surface area contributed by atoms with Crippen molar-refractivity contribution in [3.63, 3.8) is 0 Å². The number of aromatic carboxylic acids is 1. The molecule has 3 aromatic rings. The molecule has 0 fully saturated rings. The molecule has 0 radical (unpaired) electrons. The number of amides is 1. The third kappa shape index (κ3) is 4.48. The van der Waals surface area contributed by atoms with Gasteiger partial charge in [-0.1, -0.05) is 36.4 Å². The average molecular weight is 384 g/mol. The van der Waals surface area contributed by atoms with Crippen molar-refractivity contribution in [2.45, 2.75) is 18.8 Å². The SMILES string of the molecule is O=C(NCC(O)C(O)c1ccc2[nH]cc(C(=O)O)c2c1)OCc1ccccc1. The zero-order valence-corrected chi connectivity index (χ0v) is 14.8. The summed E-state index contributed by atoms with van der Waals surface area (Å²) in [6.45, 7) is -0.140. The molecule has 0 bridgehead atoms. The first-order valence-electron chi connectivity index (χ1n) is 8.60. The van der Waals surface area contributed by atoms with E-state index in [9.17, 15) is 24.9 Å². The van der Waals surface area contributed by atoms with Gasteiger partial charge in [-0.15, -0.1) is 0 Å².